The Morgan fingerprint density at radius 2 is 1.89 bits per heavy atom. The molecule has 6 nitrogen and oxygen atoms in total. The molecule has 3 rings (SSSR count). The molecule has 0 aliphatic carbocycles. The van der Waals surface area contributed by atoms with Crippen molar-refractivity contribution in [3.63, 3.8) is 0 Å². The second-order valence-electron chi connectivity index (χ2n) is 5.72. The summed E-state index contributed by atoms with van der Waals surface area (Å²) in [6, 6.07) is 8.98. The summed E-state index contributed by atoms with van der Waals surface area (Å²) in [6.07, 6.45) is 1.42. The van der Waals surface area contributed by atoms with Gasteiger partial charge in [-0.25, -0.2) is 5.43 Å². The van der Waals surface area contributed by atoms with Crippen LogP contribution in [0.15, 0.2) is 35.4 Å². The van der Waals surface area contributed by atoms with Crippen LogP contribution in [-0.4, -0.2) is 31.4 Å². The summed E-state index contributed by atoms with van der Waals surface area (Å²) < 4.78 is 11.1. The summed E-state index contributed by atoms with van der Waals surface area (Å²) in [4.78, 5) is 12.8. The maximum Gasteiger partial charge on any atom is 0.283 e. The first-order valence-electron chi connectivity index (χ1n) is 7.91. The normalized spacial score (nSPS) is 11.1. The van der Waals surface area contributed by atoms with E-state index < -0.39 is 5.91 Å². The lowest BCUT2D eigenvalue weighted by atomic mass is 10.2. The third kappa shape index (κ3) is 3.84. The lowest BCUT2D eigenvalue weighted by molar-refractivity contribution is 0.0959. The van der Waals surface area contributed by atoms with Crippen molar-refractivity contribution in [1.29, 1.82) is 0 Å². The molecular formula is C19H17ClN2O4S. The van der Waals surface area contributed by atoms with E-state index in [0.717, 1.165) is 15.6 Å². The van der Waals surface area contributed by atoms with E-state index >= 15 is 0 Å². The molecule has 2 aromatic carbocycles. The number of nitrogens with zero attached hydrogens (tertiary/aromatic N) is 1. The number of hydrogen-bond donors (Lipinski definition) is 2. The van der Waals surface area contributed by atoms with Gasteiger partial charge in [0.15, 0.2) is 11.5 Å². The molecule has 0 aliphatic heterocycles. The van der Waals surface area contributed by atoms with Crippen LogP contribution in [0.2, 0.25) is 5.02 Å². The van der Waals surface area contributed by atoms with Crippen LogP contribution in [0.25, 0.3) is 10.1 Å². The number of hydrogen-bond acceptors (Lipinski definition) is 6. The molecular weight excluding hydrogens is 388 g/mol. The molecule has 1 aromatic heterocycles. The second kappa shape index (κ2) is 7.85. The number of amides is 1. The van der Waals surface area contributed by atoms with Crippen LogP contribution in [0.1, 0.15) is 20.8 Å². The van der Waals surface area contributed by atoms with E-state index in [1.165, 1.54) is 31.8 Å². The average molecular weight is 405 g/mol. The molecule has 0 atom stereocenters. The molecule has 3 aromatic rings. The fourth-order valence-electron chi connectivity index (χ4n) is 2.52. The molecule has 0 bridgehead atoms. The Hall–Kier alpha value is -2.77. The lowest BCUT2D eigenvalue weighted by Gasteiger charge is -2.09. The van der Waals surface area contributed by atoms with Crippen molar-refractivity contribution >= 4 is 45.1 Å². The summed E-state index contributed by atoms with van der Waals surface area (Å²) in [5.41, 5.74) is 4.15. The molecule has 0 aliphatic rings. The highest BCUT2D eigenvalue weighted by atomic mass is 35.5. The molecule has 0 radical (unpaired) electrons. The number of fused-ring (bicyclic) bond motifs is 1. The van der Waals surface area contributed by atoms with Crippen LogP contribution in [-0.2, 0) is 0 Å². The largest absolute Gasteiger partial charge is 0.502 e. The molecule has 0 spiro atoms. The molecule has 140 valence electrons. The number of nitrogens with one attached hydrogen (secondary N) is 1. The molecule has 2 N–H and O–H groups in total. The van der Waals surface area contributed by atoms with Crippen molar-refractivity contribution in [2.75, 3.05) is 14.2 Å². The number of phenols is 1. The standard InChI is InChI=1S/C19H17ClN2O4S/c1-10-4-5-12-15(6-10)27-18(16(12)20)19(24)22-21-9-11-7-13(25-2)17(23)14(8-11)26-3/h4-9,23H,1-3H3,(H,22,24). The Kier molecular flexibility index (Phi) is 5.53. The van der Waals surface area contributed by atoms with E-state index in [2.05, 4.69) is 10.5 Å². The van der Waals surface area contributed by atoms with E-state index in [1.54, 1.807) is 12.1 Å². The monoisotopic (exact) mass is 404 g/mol. The molecule has 0 fully saturated rings. The number of carbonyl (C=O) groups excluding carboxylic acids is 1. The maximum absolute atomic E-state index is 12.4. The van der Waals surface area contributed by atoms with Crippen molar-refractivity contribution in [2.24, 2.45) is 5.10 Å². The number of benzene rings is 2. The molecule has 1 amide bonds. The number of carbonyl (C=O) groups is 1. The van der Waals surface area contributed by atoms with Gasteiger partial charge < -0.3 is 14.6 Å². The minimum atomic E-state index is -0.396. The molecule has 0 saturated carbocycles. The van der Waals surface area contributed by atoms with Crippen molar-refractivity contribution in [3.8, 4) is 17.2 Å². The molecule has 27 heavy (non-hydrogen) atoms. The predicted molar refractivity (Wildman–Crippen MR) is 108 cm³/mol. The first-order valence-corrected chi connectivity index (χ1v) is 9.11. The fraction of sp³-hybridized carbons (Fsp3) is 0.158. The zero-order valence-electron chi connectivity index (χ0n) is 14.9. The van der Waals surface area contributed by atoms with Gasteiger partial charge in [-0.3, -0.25) is 4.79 Å². The number of methoxy groups -OCH3 is 2. The van der Waals surface area contributed by atoms with E-state index in [-0.39, 0.29) is 17.2 Å². The topological polar surface area (TPSA) is 80.2 Å². The van der Waals surface area contributed by atoms with Crippen LogP contribution in [0.3, 0.4) is 0 Å². The first kappa shape index (κ1) is 19.0. The fourth-order valence-corrected chi connectivity index (χ4v) is 4.03. The number of aryl methyl sites for hydroxylation is 1. The number of thiophene rings is 1. The smallest absolute Gasteiger partial charge is 0.283 e. The number of ether oxygens (including phenoxy) is 2. The molecule has 0 saturated heterocycles. The van der Waals surface area contributed by atoms with E-state index in [4.69, 9.17) is 21.1 Å². The summed E-state index contributed by atoms with van der Waals surface area (Å²) in [6.45, 7) is 1.98. The number of halogens is 1. The first-order chi connectivity index (χ1) is 12.9. The van der Waals surface area contributed by atoms with Crippen LogP contribution in [0, 0.1) is 6.92 Å². The van der Waals surface area contributed by atoms with E-state index in [1.807, 2.05) is 25.1 Å². The number of aromatic hydroxyl groups is 1. The third-order valence-electron chi connectivity index (χ3n) is 3.87. The highest BCUT2D eigenvalue weighted by molar-refractivity contribution is 7.21. The summed E-state index contributed by atoms with van der Waals surface area (Å²) >= 11 is 7.65. The quantitative estimate of drug-likeness (QED) is 0.489. The number of phenolic OH excluding ortho intramolecular Hbond substituents is 1. The van der Waals surface area contributed by atoms with E-state index in [9.17, 15) is 9.90 Å². The van der Waals surface area contributed by atoms with Crippen LogP contribution in [0.5, 0.6) is 17.2 Å². The second-order valence-corrected chi connectivity index (χ2v) is 7.15. The van der Waals surface area contributed by atoms with Gasteiger partial charge in [0.1, 0.15) is 4.88 Å². The Balaban J connectivity index is 1.81. The highest BCUT2D eigenvalue weighted by Gasteiger charge is 2.17. The SMILES string of the molecule is COc1cc(C=NNC(=O)c2sc3cc(C)ccc3c2Cl)cc(OC)c1O. The zero-order valence-corrected chi connectivity index (χ0v) is 16.4. The van der Waals surface area contributed by atoms with E-state index in [0.29, 0.717) is 15.5 Å². The van der Waals surface area contributed by atoms with Crippen molar-refractivity contribution < 1.29 is 19.4 Å². The highest BCUT2D eigenvalue weighted by Crippen LogP contribution is 2.37. The molecule has 1 heterocycles. The number of rotatable bonds is 5. The van der Waals surface area contributed by atoms with Gasteiger partial charge in [0.05, 0.1) is 25.5 Å². The minimum absolute atomic E-state index is 0.103. The molecule has 0 unspecified atom stereocenters. The van der Waals surface area contributed by atoms with Gasteiger partial charge in [0, 0.05) is 15.6 Å². The van der Waals surface area contributed by atoms with Crippen LogP contribution >= 0.6 is 22.9 Å². The lowest BCUT2D eigenvalue weighted by Crippen LogP contribution is -2.16. The predicted octanol–water partition coefficient (Wildman–Crippen LogP) is 4.35. The van der Waals surface area contributed by atoms with Crippen molar-refractivity contribution in [3.05, 3.63) is 51.4 Å². The van der Waals surface area contributed by atoms with Gasteiger partial charge in [0.2, 0.25) is 5.75 Å². The summed E-state index contributed by atoms with van der Waals surface area (Å²) in [5.74, 6) is -0.0172. The Labute approximate surface area is 165 Å². The maximum atomic E-state index is 12.4. The summed E-state index contributed by atoms with van der Waals surface area (Å²) in [7, 11) is 2.87. The Morgan fingerprint density at radius 3 is 2.52 bits per heavy atom. The molecule has 8 heteroatoms. The van der Waals surface area contributed by atoms with Gasteiger partial charge in [-0.05, 0) is 30.7 Å². The van der Waals surface area contributed by atoms with Gasteiger partial charge in [-0.15, -0.1) is 11.3 Å². The zero-order chi connectivity index (χ0) is 19.6. The summed E-state index contributed by atoms with van der Waals surface area (Å²) in [5, 5.41) is 15.1. The van der Waals surface area contributed by atoms with Gasteiger partial charge in [-0.1, -0.05) is 23.7 Å². The van der Waals surface area contributed by atoms with Crippen molar-refractivity contribution in [2.45, 2.75) is 6.92 Å². The van der Waals surface area contributed by atoms with Crippen molar-refractivity contribution in [1.82, 2.24) is 5.43 Å². The Morgan fingerprint density at radius 1 is 1.22 bits per heavy atom. The van der Waals surface area contributed by atoms with Gasteiger partial charge in [0.25, 0.3) is 5.91 Å². The Bertz CT molecular complexity index is 1020. The third-order valence-corrected chi connectivity index (χ3v) is 5.53. The minimum Gasteiger partial charge on any atom is -0.502 e. The average Bonchev–Trinajstić information content (AvgIpc) is 2.98. The van der Waals surface area contributed by atoms with Gasteiger partial charge in [-0.2, -0.15) is 5.10 Å². The van der Waals surface area contributed by atoms with Gasteiger partial charge >= 0.3 is 0 Å². The van der Waals surface area contributed by atoms with Crippen LogP contribution < -0.4 is 14.9 Å². The van der Waals surface area contributed by atoms with Crippen LogP contribution in [0.4, 0.5) is 0 Å². The number of hydrazone groups is 1.